The summed E-state index contributed by atoms with van der Waals surface area (Å²) >= 11 is 0. The van der Waals surface area contributed by atoms with E-state index in [9.17, 15) is 23.2 Å². The molecule has 0 unspecified atom stereocenters. The molecule has 0 heterocycles. The van der Waals surface area contributed by atoms with Gasteiger partial charge in [0.1, 0.15) is 13.2 Å². The highest BCUT2D eigenvalue weighted by atomic mass is 19.3. The maximum absolute atomic E-state index is 14.0. The van der Waals surface area contributed by atoms with Gasteiger partial charge < -0.3 is 14.2 Å². The Morgan fingerprint density at radius 2 is 1.48 bits per heavy atom. The van der Waals surface area contributed by atoms with Crippen molar-refractivity contribution in [3.63, 3.8) is 0 Å². The van der Waals surface area contributed by atoms with Crippen molar-refractivity contribution in [1.82, 2.24) is 0 Å². The number of carbonyl (C=O) groups is 3. The predicted octanol–water partition coefficient (Wildman–Crippen LogP) is 3.00. The molecule has 0 aromatic carbocycles. The van der Waals surface area contributed by atoms with Crippen molar-refractivity contribution in [3.8, 4) is 0 Å². The van der Waals surface area contributed by atoms with E-state index >= 15 is 0 Å². The van der Waals surface area contributed by atoms with Gasteiger partial charge in [0.15, 0.2) is 0 Å². The Morgan fingerprint density at radius 3 is 1.96 bits per heavy atom. The van der Waals surface area contributed by atoms with Crippen LogP contribution in [0.25, 0.3) is 0 Å². The normalized spacial score (nSPS) is 31.3. The first-order valence-electron chi connectivity index (χ1n) is 9.22. The average Bonchev–Trinajstić information content (AvgIpc) is 2.56. The zero-order chi connectivity index (χ0) is 19.8. The van der Waals surface area contributed by atoms with Gasteiger partial charge in [0.25, 0.3) is 0 Å². The van der Waals surface area contributed by atoms with Gasteiger partial charge in [-0.1, -0.05) is 6.58 Å². The van der Waals surface area contributed by atoms with E-state index in [1.807, 2.05) is 0 Å². The molecule has 4 bridgehead atoms. The highest BCUT2D eigenvalue weighted by molar-refractivity contribution is 5.87. The van der Waals surface area contributed by atoms with Crippen molar-refractivity contribution in [2.24, 2.45) is 23.2 Å². The molecule has 6 nitrogen and oxygen atoms in total. The lowest BCUT2D eigenvalue weighted by Gasteiger charge is -2.55. The smallest absolute Gasteiger partial charge is 0.459 e. The Kier molecular flexibility index (Phi) is 5.27. The first kappa shape index (κ1) is 19.8. The Balaban J connectivity index is 1.51. The third-order valence-electron chi connectivity index (χ3n) is 5.83. The number of carbonyl (C=O) groups excluding carboxylic acids is 3. The van der Waals surface area contributed by atoms with Crippen LogP contribution in [0.15, 0.2) is 12.2 Å². The fourth-order valence-corrected chi connectivity index (χ4v) is 5.10. The lowest BCUT2D eigenvalue weighted by Crippen LogP contribution is -2.52. The van der Waals surface area contributed by atoms with Gasteiger partial charge in [-0.15, -0.1) is 0 Å². The number of rotatable bonds is 7. The minimum atomic E-state index is -4.36. The molecule has 0 amide bonds. The van der Waals surface area contributed by atoms with Crippen LogP contribution in [0.3, 0.4) is 0 Å². The summed E-state index contributed by atoms with van der Waals surface area (Å²) in [7, 11) is 0. The van der Waals surface area contributed by atoms with Crippen molar-refractivity contribution in [2.45, 2.75) is 51.6 Å². The monoisotopic (exact) mass is 386 g/mol. The Bertz CT molecular complexity index is 621. The number of hydrogen-bond donors (Lipinski definition) is 0. The van der Waals surface area contributed by atoms with E-state index in [-0.39, 0.29) is 5.57 Å². The van der Waals surface area contributed by atoms with Crippen LogP contribution < -0.4 is 0 Å². The summed E-state index contributed by atoms with van der Waals surface area (Å²) in [6, 6.07) is 0. The second-order valence-corrected chi connectivity index (χ2v) is 8.16. The van der Waals surface area contributed by atoms with Gasteiger partial charge >= 0.3 is 24.0 Å². The second kappa shape index (κ2) is 7.20. The van der Waals surface area contributed by atoms with Crippen LogP contribution in [-0.4, -0.2) is 37.2 Å². The minimum absolute atomic E-state index is 0.135. The molecule has 0 atom stereocenters. The molecule has 4 rings (SSSR count). The van der Waals surface area contributed by atoms with Crippen LogP contribution in [-0.2, 0) is 28.6 Å². The molecule has 0 aromatic heterocycles. The molecule has 0 saturated heterocycles. The molecule has 4 aliphatic rings. The lowest BCUT2D eigenvalue weighted by atomic mass is 9.49. The van der Waals surface area contributed by atoms with Crippen LogP contribution >= 0.6 is 0 Å². The summed E-state index contributed by atoms with van der Waals surface area (Å²) < 4.78 is 41.4. The molecule has 4 aliphatic carbocycles. The van der Waals surface area contributed by atoms with Gasteiger partial charge in [-0.25, -0.2) is 9.59 Å². The zero-order valence-corrected chi connectivity index (χ0v) is 15.3. The molecule has 0 aliphatic heterocycles. The summed E-state index contributed by atoms with van der Waals surface area (Å²) in [6.45, 7) is 3.82. The number of esters is 3. The third kappa shape index (κ3) is 4.14. The number of hydrogen-bond acceptors (Lipinski definition) is 6. The van der Waals surface area contributed by atoms with E-state index < -0.39 is 42.6 Å². The van der Waals surface area contributed by atoms with E-state index in [1.54, 1.807) is 0 Å². The fraction of sp³-hybridized carbons (Fsp3) is 0.737. The summed E-state index contributed by atoms with van der Waals surface area (Å²) in [5.74, 6) is -2.54. The van der Waals surface area contributed by atoms with Gasteiger partial charge in [0.05, 0.1) is 5.41 Å². The average molecular weight is 386 g/mol. The molecule has 27 heavy (non-hydrogen) atoms. The van der Waals surface area contributed by atoms with Gasteiger partial charge in [-0.05, 0) is 63.2 Å². The zero-order valence-electron chi connectivity index (χ0n) is 15.3. The first-order chi connectivity index (χ1) is 12.6. The second-order valence-electron chi connectivity index (χ2n) is 8.16. The number of ether oxygens (including phenoxy) is 3. The number of alkyl halides is 2. The van der Waals surface area contributed by atoms with E-state index in [1.165, 1.54) is 6.92 Å². The SMILES string of the molecule is C=C(C)C(=O)OCCOC(=O)C(F)(F)OC(=O)C12CC3CC(CC(C3)C1)C2. The molecule has 8 heteroatoms. The molecule has 0 aromatic rings. The molecule has 4 fully saturated rings. The summed E-state index contributed by atoms with van der Waals surface area (Å²) in [4.78, 5) is 35.3. The Hall–Kier alpha value is -1.99. The van der Waals surface area contributed by atoms with Gasteiger partial charge in [-0.2, -0.15) is 8.78 Å². The molecule has 4 saturated carbocycles. The predicted molar refractivity (Wildman–Crippen MR) is 88.4 cm³/mol. The van der Waals surface area contributed by atoms with Crippen molar-refractivity contribution in [3.05, 3.63) is 12.2 Å². The van der Waals surface area contributed by atoms with Crippen molar-refractivity contribution < 1.29 is 37.4 Å². The lowest BCUT2D eigenvalue weighted by molar-refractivity contribution is -0.255. The molecule has 0 spiro atoms. The van der Waals surface area contributed by atoms with Crippen molar-refractivity contribution >= 4 is 17.9 Å². The van der Waals surface area contributed by atoms with Gasteiger partial charge in [0.2, 0.25) is 0 Å². The van der Waals surface area contributed by atoms with Crippen LogP contribution in [0.4, 0.5) is 8.78 Å². The van der Waals surface area contributed by atoms with Crippen molar-refractivity contribution in [2.75, 3.05) is 13.2 Å². The minimum Gasteiger partial charge on any atom is -0.459 e. The molecular formula is C19H24F2O6. The molecular weight excluding hydrogens is 362 g/mol. The summed E-state index contributed by atoms with van der Waals surface area (Å²) in [6.07, 6.45) is 0.452. The summed E-state index contributed by atoms with van der Waals surface area (Å²) in [5.41, 5.74) is -0.758. The van der Waals surface area contributed by atoms with E-state index in [0.29, 0.717) is 37.0 Å². The highest BCUT2D eigenvalue weighted by Gasteiger charge is 2.58. The largest absolute Gasteiger partial charge is 0.504 e. The van der Waals surface area contributed by atoms with Crippen LogP contribution in [0.5, 0.6) is 0 Å². The third-order valence-corrected chi connectivity index (χ3v) is 5.83. The Morgan fingerprint density at radius 1 is 1.00 bits per heavy atom. The van der Waals surface area contributed by atoms with Gasteiger partial charge in [0, 0.05) is 5.57 Å². The molecule has 0 radical (unpaired) electrons. The van der Waals surface area contributed by atoms with E-state index in [2.05, 4.69) is 20.8 Å². The maximum Gasteiger partial charge on any atom is 0.504 e. The summed E-state index contributed by atoms with van der Waals surface area (Å²) in [5, 5.41) is 0. The van der Waals surface area contributed by atoms with E-state index in [4.69, 9.17) is 0 Å². The van der Waals surface area contributed by atoms with Crippen LogP contribution in [0.1, 0.15) is 45.4 Å². The number of halogens is 2. The maximum atomic E-state index is 14.0. The van der Waals surface area contributed by atoms with Gasteiger partial charge in [-0.3, -0.25) is 4.79 Å². The first-order valence-corrected chi connectivity index (χ1v) is 9.22. The van der Waals surface area contributed by atoms with Crippen LogP contribution in [0.2, 0.25) is 0 Å². The van der Waals surface area contributed by atoms with Crippen molar-refractivity contribution in [1.29, 1.82) is 0 Å². The quantitative estimate of drug-likeness (QED) is 0.290. The topological polar surface area (TPSA) is 78.9 Å². The standard InChI is InChI=1S/C19H24F2O6/c1-11(2)15(22)25-3-4-26-17(24)19(20,21)27-16(23)18-8-12-5-13(9-18)7-14(6-12)10-18/h12-14H,1,3-10H2,2H3. The fourth-order valence-electron chi connectivity index (χ4n) is 5.10. The van der Waals surface area contributed by atoms with E-state index in [0.717, 1.165) is 19.3 Å². The molecule has 0 N–H and O–H groups in total. The Labute approximate surface area is 156 Å². The highest BCUT2D eigenvalue weighted by Crippen LogP contribution is 2.60. The molecule has 150 valence electrons. The van der Waals surface area contributed by atoms with Crippen LogP contribution in [0, 0.1) is 23.2 Å².